The first-order chi connectivity index (χ1) is 12.7. The molecule has 0 bridgehead atoms. The Kier molecular flexibility index (Phi) is 2.65. The Labute approximate surface area is 154 Å². The molecule has 3 heteroatoms. The minimum Gasteiger partial charge on any atom is -0.454 e. The van der Waals surface area contributed by atoms with Crippen LogP contribution in [0.25, 0.3) is 43.0 Å². The van der Waals surface area contributed by atoms with Gasteiger partial charge in [0.1, 0.15) is 5.75 Å². The second-order valence-electron chi connectivity index (χ2n) is 6.87. The summed E-state index contributed by atoms with van der Waals surface area (Å²) in [6, 6.07) is 19.1. The van der Waals surface area contributed by atoms with Crippen LogP contribution in [-0.2, 0) is 0 Å². The van der Waals surface area contributed by atoms with Crippen LogP contribution in [0.3, 0.4) is 0 Å². The van der Waals surface area contributed by atoms with E-state index in [-0.39, 0.29) is 0 Å². The largest absolute Gasteiger partial charge is 0.454 e. The van der Waals surface area contributed by atoms with Crippen LogP contribution in [-0.4, -0.2) is 4.98 Å². The lowest BCUT2D eigenvalue weighted by atomic mass is 9.94. The van der Waals surface area contributed by atoms with Crippen LogP contribution in [0.1, 0.15) is 10.4 Å². The van der Waals surface area contributed by atoms with Crippen molar-refractivity contribution in [2.75, 3.05) is 0 Å². The Hall–Kier alpha value is -2.91. The van der Waals surface area contributed by atoms with Crippen molar-refractivity contribution in [1.82, 2.24) is 4.98 Å². The Morgan fingerprint density at radius 2 is 1.65 bits per heavy atom. The van der Waals surface area contributed by atoms with Gasteiger partial charge in [0.25, 0.3) is 0 Å². The monoisotopic (exact) mass is 353 g/mol. The molecule has 0 amide bonds. The number of ether oxygens (including phenoxy) is 1. The van der Waals surface area contributed by atoms with Crippen molar-refractivity contribution >= 4 is 43.1 Å². The fourth-order valence-corrected chi connectivity index (χ4v) is 5.23. The molecule has 2 nitrogen and oxygen atoms in total. The highest BCUT2D eigenvalue weighted by Gasteiger charge is 2.28. The normalized spacial score (nSPS) is 12.5. The first-order valence-electron chi connectivity index (χ1n) is 8.75. The standard InChI is InChI=1S/C23H15NOS/c1-12-15-8-4-3-7-14(15)11-17-20-19-22(25-21(12)17)13(2)26-23(19)16-9-5-6-10-18(16)24-20/h3-11H,1-2H3. The van der Waals surface area contributed by atoms with Gasteiger partial charge in [0.2, 0.25) is 0 Å². The van der Waals surface area contributed by atoms with Crippen molar-refractivity contribution in [3.8, 4) is 22.8 Å². The first-order valence-corrected chi connectivity index (χ1v) is 9.56. The van der Waals surface area contributed by atoms with Crippen molar-refractivity contribution in [3.63, 3.8) is 0 Å². The van der Waals surface area contributed by atoms with Crippen molar-refractivity contribution in [1.29, 1.82) is 0 Å². The Balaban J connectivity index is 1.85. The van der Waals surface area contributed by atoms with Crippen LogP contribution in [0.5, 0.6) is 11.5 Å². The van der Waals surface area contributed by atoms with Crippen molar-refractivity contribution in [2.45, 2.75) is 13.8 Å². The zero-order chi connectivity index (χ0) is 17.4. The number of pyridine rings is 1. The molecule has 0 fully saturated rings. The molecule has 0 radical (unpaired) electrons. The number of para-hydroxylation sites is 1. The number of aryl methyl sites for hydroxylation is 2. The molecule has 0 unspecified atom stereocenters. The van der Waals surface area contributed by atoms with Crippen molar-refractivity contribution in [2.24, 2.45) is 0 Å². The molecule has 0 saturated heterocycles. The maximum absolute atomic E-state index is 6.48. The van der Waals surface area contributed by atoms with E-state index in [4.69, 9.17) is 9.72 Å². The minimum absolute atomic E-state index is 0.946. The predicted molar refractivity (Wildman–Crippen MR) is 110 cm³/mol. The Bertz CT molecular complexity index is 1380. The third-order valence-electron chi connectivity index (χ3n) is 5.36. The summed E-state index contributed by atoms with van der Waals surface area (Å²) in [4.78, 5) is 6.27. The molecule has 0 N–H and O–H groups in total. The van der Waals surface area contributed by atoms with Gasteiger partial charge in [-0.2, -0.15) is 0 Å². The van der Waals surface area contributed by atoms with E-state index in [1.165, 1.54) is 31.3 Å². The molecule has 6 rings (SSSR count). The van der Waals surface area contributed by atoms with Crippen LogP contribution >= 0.6 is 11.3 Å². The average molecular weight is 353 g/mol. The number of benzene rings is 3. The molecule has 0 spiro atoms. The van der Waals surface area contributed by atoms with Gasteiger partial charge in [0.15, 0.2) is 5.75 Å². The van der Waals surface area contributed by atoms with Gasteiger partial charge >= 0.3 is 0 Å². The number of rotatable bonds is 0. The summed E-state index contributed by atoms with van der Waals surface area (Å²) in [5, 5.41) is 4.83. The number of hydrogen-bond acceptors (Lipinski definition) is 3. The lowest BCUT2D eigenvalue weighted by Crippen LogP contribution is -2.00. The lowest BCUT2D eigenvalue weighted by molar-refractivity contribution is 0.482. The van der Waals surface area contributed by atoms with E-state index in [2.05, 4.69) is 68.4 Å². The van der Waals surface area contributed by atoms with Gasteiger partial charge in [0.05, 0.1) is 21.3 Å². The quantitative estimate of drug-likeness (QED) is 0.293. The summed E-state index contributed by atoms with van der Waals surface area (Å²) in [6.07, 6.45) is 0. The summed E-state index contributed by atoms with van der Waals surface area (Å²) in [5.41, 5.74) is 4.37. The van der Waals surface area contributed by atoms with Gasteiger partial charge in [-0.3, -0.25) is 0 Å². The molecule has 3 heterocycles. The molecule has 5 aromatic rings. The summed E-state index contributed by atoms with van der Waals surface area (Å²) < 4.78 is 7.75. The Morgan fingerprint density at radius 3 is 2.54 bits per heavy atom. The molecule has 124 valence electrons. The van der Waals surface area contributed by atoms with Gasteiger partial charge in [-0.1, -0.05) is 42.5 Å². The van der Waals surface area contributed by atoms with Crippen LogP contribution in [0.4, 0.5) is 0 Å². The van der Waals surface area contributed by atoms with Gasteiger partial charge in [-0.25, -0.2) is 4.98 Å². The number of aromatic nitrogens is 1. The predicted octanol–water partition coefficient (Wildman–Crippen LogP) is 6.99. The third-order valence-corrected chi connectivity index (χ3v) is 6.48. The Morgan fingerprint density at radius 1 is 0.885 bits per heavy atom. The highest BCUT2D eigenvalue weighted by Crippen LogP contribution is 2.53. The first kappa shape index (κ1) is 14.3. The highest BCUT2D eigenvalue weighted by atomic mass is 32.1. The molecule has 26 heavy (non-hydrogen) atoms. The van der Waals surface area contributed by atoms with Gasteiger partial charge < -0.3 is 4.74 Å². The van der Waals surface area contributed by atoms with E-state index in [1.807, 2.05) is 0 Å². The van der Waals surface area contributed by atoms with E-state index in [0.717, 1.165) is 33.7 Å². The number of thiophene rings is 1. The number of hydrogen-bond donors (Lipinski definition) is 0. The molecule has 0 aliphatic carbocycles. The summed E-state index contributed by atoms with van der Waals surface area (Å²) in [7, 11) is 0. The fraction of sp³-hybridized carbons (Fsp3) is 0.0870. The van der Waals surface area contributed by atoms with E-state index >= 15 is 0 Å². The minimum atomic E-state index is 0.946. The topological polar surface area (TPSA) is 22.1 Å². The van der Waals surface area contributed by atoms with Gasteiger partial charge in [-0.15, -0.1) is 11.3 Å². The van der Waals surface area contributed by atoms with Gasteiger partial charge in [-0.05, 0) is 36.8 Å². The maximum Gasteiger partial charge on any atom is 0.151 e. The highest BCUT2D eigenvalue weighted by molar-refractivity contribution is 7.20. The summed E-state index contributed by atoms with van der Waals surface area (Å²) in [6.45, 7) is 4.28. The maximum atomic E-state index is 6.48. The molecular weight excluding hydrogens is 338 g/mol. The molecule has 1 aliphatic heterocycles. The van der Waals surface area contributed by atoms with Crippen LogP contribution in [0.2, 0.25) is 0 Å². The van der Waals surface area contributed by atoms with Gasteiger partial charge in [0, 0.05) is 21.4 Å². The average Bonchev–Trinajstić information content (AvgIpc) is 3.00. The van der Waals surface area contributed by atoms with Crippen molar-refractivity contribution in [3.05, 3.63) is 65.0 Å². The third kappa shape index (κ3) is 1.68. The lowest BCUT2D eigenvalue weighted by Gasteiger charge is -2.22. The second kappa shape index (κ2) is 4.83. The zero-order valence-corrected chi connectivity index (χ0v) is 15.3. The molecule has 3 aromatic carbocycles. The molecule has 0 atom stereocenters. The fourth-order valence-electron chi connectivity index (χ4n) is 4.11. The molecule has 0 saturated carbocycles. The van der Waals surface area contributed by atoms with E-state index in [1.54, 1.807) is 11.3 Å². The van der Waals surface area contributed by atoms with Crippen LogP contribution < -0.4 is 4.74 Å². The molecule has 2 aromatic heterocycles. The van der Waals surface area contributed by atoms with E-state index in [9.17, 15) is 0 Å². The molecule has 1 aliphatic rings. The second-order valence-corrected chi connectivity index (χ2v) is 8.10. The number of fused-ring (bicyclic) bond motifs is 5. The zero-order valence-electron chi connectivity index (χ0n) is 14.5. The van der Waals surface area contributed by atoms with E-state index in [0.29, 0.717) is 0 Å². The SMILES string of the molecule is Cc1sc2c3c(nc4ccccc42)-c2cc4ccccc4c(C)c2Oc13. The summed E-state index contributed by atoms with van der Waals surface area (Å²) in [5.74, 6) is 1.92. The van der Waals surface area contributed by atoms with Crippen molar-refractivity contribution < 1.29 is 4.74 Å². The number of nitrogens with zero attached hydrogens (tertiary/aromatic N) is 1. The smallest absolute Gasteiger partial charge is 0.151 e. The molecular formula is C23H15NOS. The van der Waals surface area contributed by atoms with Crippen LogP contribution in [0, 0.1) is 13.8 Å². The van der Waals surface area contributed by atoms with Crippen LogP contribution in [0.15, 0.2) is 54.6 Å². The summed E-state index contributed by atoms with van der Waals surface area (Å²) >= 11 is 1.80. The van der Waals surface area contributed by atoms with E-state index < -0.39 is 0 Å².